The van der Waals surface area contributed by atoms with E-state index >= 15 is 0 Å². The summed E-state index contributed by atoms with van der Waals surface area (Å²) in [6.07, 6.45) is 0.0392. The highest BCUT2D eigenvalue weighted by Gasteiger charge is 2.23. The van der Waals surface area contributed by atoms with Crippen LogP contribution < -0.4 is 10.6 Å². The lowest BCUT2D eigenvalue weighted by molar-refractivity contribution is 0.0449. The predicted octanol–water partition coefficient (Wildman–Crippen LogP) is 1.65. The highest BCUT2D eigenvalue weighted by molar-refractivity contribution is 6.31. The van der Waals surface area contributed by atoms with E-state index in [1.165, 1.54) is 0 Å². The molecule has 0 radical (unpaired) electrons. The van der Waals surface area contributed by atoms with Crippen LogP contribution >= 0.6 is 11.6 Å². The zero-order valence-corrected chi connectivity index (χ0v) is 10.6. The molecule has 96 valence electrons. The van der Waals surface area contributed by atoms with Crippen molar-refractivity contribution < 1.29 is 9.15 Å². The number of hydrogen-bond acceptors (Lipinski definition) is 5. The molecule has 1 aromatic carbocycles. The second kappa shape index (κ2) is 4.76. The van der Waals surface area contributed by atoms with Crippen molar-refractivity contribution in [2.24, 2.45) is 5.73 Å². The third-order valence-corrected chi connectivity index (χ3v) is 3.25. The van der Waals surface area contributed by atoms with Crippen molar-refractivity contribution in [3.05, 3.63) is 23.2 Å². The van der Waals surface area contributed by atoms with Gasteiger partial charge in [0.25, 0.3) is 6.01 Å². The number of halogens is 1. The van der Waals surface area contributed by atoms with Gasteiger partial charge in [-0.05, 0) is 18.2 Å². The van der Waals surface area contributed by atoms with E-state index in [1.807, 2.05) is 6.07 Å². The Morgan fingerprint density at radius 1 is 1.50 bits per heavy atom. The Bertz CT molecular complexity index is 557. The van der Waals surface area contributed by atoms with Crippen molar-refractivity contribution in [2.45, 2.75) is 6.10 Å². The Kier molecular flexibility index (Phi) is 3.11. The van der Waals surface area contributed by atoms with Crippen LogP contribution in [0, 0.1) is 0 Å². The standard InChI is InChI=1S/C12H14ClN3O2/c13-8-1-2-11-10(5-8)15-12(18-11)16-3-4-17-9(6-14)7-16/h1-2,5,9H,3-4,6-7,14H2/t9-/m1/s1. The molecule has 0 amide bonds. The fourth-order valence-corrected chi connectivity index (χ4v) is 2.23. The molecule has 1 fully saturated rings. The zero-order valence-electron chi connectivity index (χ0n) is 9.80. The number of benzene rings is 1. The Hall–Kier alpha value is -1.30. The number of aromatic nitrogens is 1. The molecule has 1 aromatic heterocycles. The molecule has 0 aliphatic carbocycles. The fourth-order valence-electron chi connectivity index (χ4n) is 2.06. The van der Waals surface area contributed by atoms with Crippen LogP contribution in [0.15, 0.2) is 22.6 Å². The first-order chi connectivity index (χ1) is 8.76. The number of anilines is 1. The van der Waals surface area contributed by atoms with Crippen molar-refractivity contribution >= 4 is 28.7 Å². The van der Waals surface area contributed by atoms with Gasteiger partial charge in [0, 0.05) is 24.7 Å². The quantitative estimate of drug-likeness (QED) is 0.896. The molecule has 0 spiro atoms. The Balaban J connectivity index is 1.89. The van der Waals surface area contributed by atoms with Crippen LogP contribution in [0.2, 0.25) is 5.02 Å². The molecule has 0 saturated carbocycles. The number of nitrogens with zero attached hydrogens (tertiary/aromatic N) is 2. The summed E-state index contributed by atoms with van der Waals surface area (Å²) in [4.78, 5) is 6.49. The minimum Gasteiger partial charge on any atom is -0.423 e. The maximum absolute atomic E-state index is 5.93. The van der Waals surface area contributed by atoms with E-state index in [2.05, 4.69) is 9.88 Å². The lowest BCUT2D eigenvalue weighted by atomic mass is 10.3. The van der Waals surface area contributed by atoms with Gasteiger partial charge in [0.05, 0.1) is 12.7 Å². The third kappa shape index (κ3) is 2.16. The van der Waals surface area contributed by atoms with Crippen LogP contribution in [-0.4, -0.2) is 37.3 Å². The van der Waals surface area contributed by atoms with E-state index < -0.39 is 0 Å². The largest absolute Gasteiger partial charge is 0.423 e. The highest BCUT2D eigenvalue weighted by atomic mass is 35.5. The Labute approximate surface area is 109 Å². The SMILES string of the molecule is NC[C@@H]1CN(c2nc3cc(Cl)ccc3o2)CCO1. The summed E-state index contributed by atoms with van der Waals surface area (Å²) in [5, 5.41) is 0.657. The molecule has 6 heteroatoms. The molecule has 0 unspecified atom stereocenters. The minimum atomic E-state index is 0.0392. The molecule has 2 N–H and O–H groups in total. The molecule has 5 nitrogen and oxygen atoms in total. The zero-order chi connectivity index (χ0) is 12.5. The smallest absolute Gasteiger partial charge is 0.298 e. The van der Waals surface area contributed by atoms with E-state index in [-0.39, 0.29) is 6.10 Å². The summed E-state index contributed by atoms with van der Waals surface area (Å²) in [6.45, 7) is 2.61. The van der Waals surface area contributed by atoms with Crippen LogP contribution in [0.4, 0.5) is 6.01 Å². The summed E-state index contributed by atoms with van der Waals surface area (Å²) < 4.78 is 11.2. The molecule has 1 saturated heterocycles. The minimum absolute atomic E-state index is 0.0392. The van der Waals surface area contributed by atoms with Gasteiger partial charge in [0.15, 0.2) is 5.58 Å². The van der Waals surface area contributed by atoms with Crippen LogP contribution in [-0.2, 0) is 4.74 Å². The van der Waals surface area contributed by atoms with Crippen molar-refractivity contribution in [3.63, 3.8) is 0 Å². The van der Waals surface area contributed by atoms with Gasteiger partial charge in [0.1, 0.15) is 5.52 Å². The predicted molar refractivity (Wildman–Crippen MR) is 70.0 cm³/mol. The summed E-state index contributed by atoms with van der Waals surface area (Å²) in [7, 11) is 0. The second-order valence-corrected chi connectivity index (χ2v) is 4.72. The van der Waals surface area contributed by atoms with Crippen LogP contribution in [0.5, 0.6) is 0 Å². The number of morpholine rings is 1. The lowest BCUT2D eigenvalue weighted by Crippen LogP contribution is -2.45. The topological polar surface area (TPSA) is 64.5 Å². The molecular weight excluding hydrogens is 254 g/mol. The summed E-state index contributed by atoms with van der Waals surface area (Å²) in [6, 6.07) is 6.02. The number of hydrogen-bond donors (Lipinski definition) is 1. The second-order valence-electron chi connectivity index (χ2n) is 4.28. The van der Waals surface area contributed by atoms with Gasteiger partial charge in [-0.25, -0.2) is 0 Å². The van der Waals surface area contributed by atoms with E-state index in [4.69, 9.17) is 26.5 Å². The summed E-state index contributed by atoms with van der Waals surface area (Å²) >= 11 is 5.93. The van der Waals surface area contributed by atoms with E-state index in [0.29, 0.717) is 30.7 Å². The first kappa shape index (κ1) is 11.8. The fraction of sp³-hybridized carbons (Fsp3) is 0.417. The van der Waals surface area contributed by atoms with Gasteiger partial charge >= 0.3 is 0 Å². The monoisotopic (exact) mass is 267 g/mol. The Morgan fingerprint density at radius 3 is 3.22 bits per heavy atom. The molecule has 0 bridgehead atoms. The van der Waals surface area contributed by atoms with Gasteiger partial charge in [0.2, 0.25) is 0 Å². The molecule has 1 aliphatic heterocycles. The average Bonchev–Trinajstić information content (AvgIpc) is 2.81. The van der Waals surface area contributed by atoms with Crippen LogP contribution in [0.25, 0.3) is 11.1 Å². The molecule has 3 rings (SSSR count). The lowest BCUT2D eigenvalue weighted by Gasteiger charge is -2.30. The normalized spacial score (nSPS) is 20.6. The van der Waals surface area contributed by atoms with E-state index in [0.717, 1.165) is 17.6 Å². The molecular formula is C12H14ClN3O2. The first-order valence-corrected chi connectivity index (χ1v) is 6.27. The molecule has 2 heterocycles. The number of ether oxygens (including phenoxy) is 1. The van der Waals surface area contributed by atoms with Gasteiger partial charge in [-0.3, -0.25) is 0 Å². The van der Waals surface area contributed by atoms with Crippen molar-refractivity contribution in [1.82, 2.24) is 4.98 Å². The molecule has 1 atom stereocenters. The molecule has 18 heavy (non-hydrogen) atoms. The van der Waals surface area contributed by atoms with Gasteiger partial charge < -0.3 is 19.8 Å². The molecule has 2 aromatic rings. The highest BCUT2D eigenvalue weighted by Crippen LogP contribution is 2.25. The number of nitrogens with two attached hydrogens (primary N) is 1. The van der Waals surface area contributed by atoms with E-state index in [1.54, 1.807) is 12.1 Å². The van der Waals surface area contributed by atoms with Crippen molar-refractivity contribution in [1.29, 1.82) is 0 Å². The Morgan fingerprint density at radius 2 is 2.39 bits per heavy atom. The van der Waals surface area contributed by atoms with Gasteiger partial charge in [-0.15, -0.1) is 0 Å². The van der Waals surface area contributed by atoms with E-state index in [9.17, 15) is 0 Å². The van der Waals surface area contributed by atoms with Gasteiger partial charge in [-0.1, -0.05) is 11.6 Å². The van der Waals surface area contributed by atoms with Crippen LogP contribution in [0.3, 0.4) is 0 Å². The average molecular weight is 268 g/mol. The number of rotatable bonds is 2. The first-order valence-electron chi connectivity index (χ1n) is 5.89. The maximum atomic E-state index is 5.93. The summed E-state index contributed by atoms with van der Waals surface area (Å²) in [5.74, 6) is 0. The maximum Gasteiger partial charge on any atom is 0.298 e. The van der Waals surface area contributed by atoms with Gasteiger partial charge in [-0.2, -0.15) is 4.98 Å². The van der Waals surface area contributed by atoms with Crippen molar-refractivity contribution in [3.8, 4) is 0 Å². The summed E-state index contributed by atoms with van der Waals surface area (Å²) in [5.41, 5.74) is 7.13. The van der Waals surface area contributed by atoms with Crippen molar-refractivity contribution in [2.75, 3.05) is 31.1 Å². The third-order valence-electron chi connectivity index (χ3n) is 3.01. The number of fused-ring (bicyclic) bond motifs is 1. The molecule has 1 aliphatic rings. The number of oxazole rings is 1. The van der Waals surface area contributed by atoms with Crippen LogP contribution in [0.1, 0.15) is 0 Å².